The molecule has 16 heavy (non-hydrogen) atoms. The molecule has 0 aromatic heterocycles. The fourth-order valence-corrected chi connectivity index (χ4v) is 1.53. The smallest absolute Gasteiger partial charge is 0.128 e. The predicted molar refractivity (Wildman–Crippen MR) is 68.3 cm³/mol. The largest absolute Gasteiger partial charge is 0.385 e. The monoisotopic (exact) mass is 221 g/mol. The van der Waals surface area contributed by atoms with Gasteiger partial charge in [0, 0.05) is 12.2 Å². The summed E-state index contributed by atoms with van der Waals surface area (Å²) in [6.07, 6.45) is 6.52. The lowest BCUT2D eigenvalue weighted by Gasteiger charge is -2.07. The van der Waals surface area contributed by atoms with Gasteiger partial charge in [-0.1, -0.05) is 18.6 Å². The van der Waals surface area contributed by atoms with E-state index in [1.165, 1.54) is 12.8 Å². The number of allylic oxidation sites excluding steroid dienone is 1. The Morgan fingerprint density at radius 1 is 1.31 bits per heavy atom. The van der Waals surface area contributed by atoms with Gasteiger partial charge in [0.1, 0.15) is 5.82 Å². The van der Waals surface area contributed by atoms with Crippen LogP contribution < -0.4 is 5.32 Å². The molecule has 0 spiro atoms. The molecule has 0 unspecified atom stereocenters. The highest BCUT2D eigenvalue weighted by Gasteiger charge is 1.98. The van der Waals surface area contributed by atoms with Crippen LogP contribution in [0.1, 0.15) is 31.2 Å². The van der Waals surface area contributed by atoms with Crippen LogP contribution in [0, 0.1) is 12.7 Å². The molecule has 0 aliphatic heterocycles. The van der Waals surface area contributed by atoms with E-state index in [2.05, 4.69) is 11.9 Å². The van der Waals surface area contributed by atoms with E-state index in [0.29, 0.717) is 5.56 Å². The molecule has 0 saturated carbocycles. The fourth-order valence-electron chi connectivity index (χ4n) is 1.53. The Hall–Kier alpha value is -1.31. The Balaban J connectivity index is 2.21. The van der Waals surface area contributed by atoms with E-state index in [-0.39, 0.29) is 5.82 Å². The van der Waals surface area contributed by atoms with Crippen molar-refractivity contribution in [2.24, 2.45) is 0 Å². The summed E-state index contributed by atoms with van der Waals surface area (Å²) in [6, 6.07) is 5.27. The van der Waals surface area contributed by atoms with Crippen molar-refractivity contribution in [3.63, 3.8) is 0 Å². The van der Waals surface area contributed by atoms with Crippen LogP contribution in [0.2, 0.25) is 0 Å². The molecule has 0 radical (unpaired) electrons. The summed E-state index contributed by atoms with van der Waals surface area (Å²) in [5.74, 6) is -0.142. The lowest BCUT2D eigenvalue weighted by Crippen LogP contribution is -2.01. The lowest BCUT2D eigenvalue weighted by molar-refractivity contribution is 0.618. The maximum Gasteiger partial charge on any atom is 0.128 e. The zero-order valence-electron chi connectivity index (χ0n) is 9.93. The van der Waals surface area contributed by atoms with Crippen molar-refractivity contribution in [2.75, 3.05) is 11.9 Å². The second-order valence-corrected chi connectivity index (χ2v) is 4.03. The first-order valence-corrected chi connectivity index (χ1v) is 5.85. The molecule has 2 heteroatoms. The van der Waals surface area contributed by atoms with E-state index >= 15 is 0 Å². The molecule has 0 aliphatic carbocycles. The number of hydrogen-bond donors (Lipinski definition) is 1. The Bertz CT molecular complexity index is 334. The Morgan fingerprint density at radius 2 is 2.12 bits per heavy atom. The number of hydrogen-bond acceptors (Lipinski definition) is 1. The maximum absolute atomic E-state index is 13.2. The summed E-state index contributed by atoms with van der Waals surface area (Å²) in [4.78, 5) is 0. The molecule has 1 aromatic rings. The van der Waals surface area contributed by atoms with Crippen molar-refractivity contribution in [3.05, 3.63) is 42.2 Å². The van der Waals surface area contributed by atoms with Crippen molar-refractivity contribution >= 4 is 5.69 Å². The third-order valence-electron chi connectivity index (χ3n) is 2.59. The minimum atomic E-state index is -0.142. The van der Waals surface area contributed by atoms with Crippen LogP contribution in [0.3, 0.4) is 0 Å². The van der Waals surface area contributed by atoms with Gasteiger partial charge in [0.15, 0.2) is 0 Å². The van der Waals surface area contributed by atoms with E-state index in [1.54, 1.807) is 19.1 Å². The first kappa shape index (κ1) is 12.8. The average molecular weight is 221 g/mol. The molecule has 1 rings (SSSR count). The molecule has 1 nitrogen and oxygen atoms in total. The first-order valence-electron chi connectivity index (χ1n) is 5.85. The zero-order chi connectivity index (χ0) is 11.8. The number of benzene rings is 1. The summed E-state index contributed by atoms with van der Waals surface area (Å²) in [6.45, 7) is 6.36. The molecule has 1 N–H and O–H groups in total. The molecular formula is C14H20FN. The standard InChI is InChI=1S/C14H20FN/c1-3-4-5-6-7-10-16-13-9-8-12(2)14(15)11-13/h3,8-9,11,16H,1,4-7,10H2,2H3. The topological polar surface area (TPSA) is 12.0 Å². The molecule has 0 saturated heterocycles. The first-order chi connectivity index (χ1) is 7.74. The van der Waals surface area contributed by atoms with Gasteiger partial charge < -0.3 is 5.32 Å². The summed E-state index contributed by atoms with van der Waals surface area (Å²) in [7, 11) is 0. The SMILES string of the molecule is C=CCCCCCNc1ccc(C)c(F)c1. The van der Waals surface area contributed by atoms with Crippen LogP contribution in [0.5, 0.6) is 0 Å². The highest BCUT2D eigenvalue weighted by molar-refractivity contribution is 5.44. The molecule has 0 atom stereocenters. The summed E-state index contributed by atoms with van der Waals surface area (Å²) in [5.41, 5.74) is 1.56. The zero-order valence-corrected chi connectivity index (χ0v) is 9.93. The number of rotatable bonds is 7. The lowest BCUT2D eigenvalue weighted by atomic mass is 10.2. The van der Waals surface area contributed by atoms with Crippen LogP contribution in [0.4, 0.5) is 10.1 Å². The average Bonchev–Trinajstić information content (AvgIpc) is 2.28. The van der Waals surface area contributed by atoms with Crippen molar-refractivity contribution < 1.29 is 4.39 Å². The third-order valence-corrected chi connectivity index (χ3v) is 2.59. The van der Waals surface area contributed by atoms with Gasteiger partial charge in [0.25, 0.3) is 0 Å². The third kappa shape index (κ3) is 4.47. The fraction of sp³-hybridized carbons (Fsp3) is 0.429. The van der Waals surface area contributed by atoms with E-state index in [9.17, 15) is 4.39 Å². The Labute approximate surface area is 97.4 Å². The van der Waals surface area contributed by atoms with E-state index < -0.39 is 0 Å². The molecule has 88 valence electrons. The van der Waals surface area contributed by atoms with Crippen LogP contribution in [-0.2, 0) is 0 Å². The number of halogens is 1. The van der Waals surface area contributed by atoms with Gasteiger partial charge in [-0.3, -0.25) is 0 Å². The predicted octanol–water partition coefficient (Wildman–Crippen LogP) is 4.29. The molecule has 1 aromatic carbocycles. The highest BCUT2D eigenvalue weighted by Crippen LogP contribution is 2.13. The molecule has 0 amide bonds. The van der Waals surface area contributed by atoms with Gasteiger partial charge in [-0.25, -0.2) is 4.39 Å². The Morgan fingerprint density at radius 3 is 2.81 bits per heavy atom. The van der Waals surface area contributed by atoms with Crippen LogP contribution >= 0.6 is 0 Å². The second kappa shape index (κ2) is 7.04. The Kier molecular flexibility index (Phi) is 5.62. The van der Waals surface area contributed by atoms with Crippen molar-refractivity contribution in [1.29, 1.82) is 0 Å². The minimum absolute atomic E-state index is 0.142. The quantitative estimate of drug-likeness (QED) is 0.535. The minimum Gasteiger partial charge on any atom is -0.385 e. The van der Waals surface area contributed by atoms with E-state index in [0.717, 1.165) is 25.1 Å². The van der Waals surface area contributed by atoms with E-state index in [4.69, 9.17) is 0 Å². The van der Waals surface area contributed by atoms with Gasteiger partial charge in [-0.2, -0.15) is 0 Å². The van der Waals surface area contributed by atoms with E-state index in [1.807, 2.05) is 12.1 Å². The molecule has 0 aliphatic rings. The molecule has 0 bridgehead atoms. The molecule has 0 fully saturated rings. The van der Waals surface area contributed by atoms with Crippen LogP contribution in [0.15, 0.2) is 30.9 Å². The summed E-state index contributed by atoms with van der Waals surface area (Å²) in [5, 5.41) is 3.22. The van der Waals surface area contributed by atoms with Gasteiger partial charge in [0.05, 0.1) is 0 Å². The number of unbranched alkanes of at least 4 members (excludes halogenated alkanes) is 3. The van der Waals surface area contributed by atoms with Gasteiger partial charge in [0.2, 0.25) is 0 Å². The molecule has 0 heterocycles. The number of aryl methyl sites for hydroxylation is 1. The normalized spacial score (nSPS) is 10.1. The summed E-state index contributed by atoms with van der Waals surface area (Å²) < 4.78 is 13.2. The highest BCUT2D eigenvalue weighted by atomic mass is 19.1. The number of anilines is 1. The van der Waals surface area contributed by atoms with Gasteiger partial charge >= 0.3 is 0 Å². The van der Waals surface area contributed by atoms with Crippen molar-refractivity contribution in [3.8, 4) is 0 Å². The summed E-state index contributed by atoms with van der Waals surface area (Å²) >= 11 is 0. The number of nitrogens with one attached hydrogen (secondary N) is 1. The van der Waals surface area contributed by atoms with Crippen molar-refractivity contribution in [2.45, 2.75) is 32.6 Å². The maximum atomic E-state index is 13.2. The van der Waals surface area contributed by atoms with Crippen LogP contribution in [0.25, 0.3) is 0 Å². The van der Waals surface area contributed by atoms with Crippen LogP contribution in [-0.4, -0.2) is 6.54 Å². The van der Waals surface area contributed by atoms with Crippen molar-refractivity contribution in [1.82, 2.24) is 0 Å². The molecular weight excluding hydrogens is 201 g/mol. The second-order valence-electron chi connectivity index (χ2n) is 4.03. The van der Waals surface area contributed by atoms with Gasteiger partial charge in [-0.05, 0) is 43.9 Å². The van der Waals surface area contributed by atoms with Gasteiger partial charge in [-0.15, -0.1) is 6.58 Å².